The Morgan fingerprint density at radius 3 is 2.54 bits per heavy atom. The Labute approximate surface area is 236 Å². The van der Waals surface area contributed by atoms with E-state index in [0.29, 0.717) is 28.9 Å². The van der Waals surface area contributed by atoms with E-state index in [1.165, 1.54) is 12.1 Å². The van der Waals surface area contributed by atoms with Crippen LogP contribution in [-0.2, 0) is 16.0 Å². The molecule has 3 heterocycles. The second-order valence-electron chi connectivity index (χ2n) is 10.1. The molecular formula is C31H28N6O4. The molecule has 4 aromatic rings. The highest BCUT2D eigenvalue weighted by atomic mass is 16.6. The molecule has 6 rings (SSSR count). The number of non-ortho nitro benzene ring substituents is 1. The van der Waals surface area contributed by atoms with Crippen LogP contribution in [0.25, 0.3) is 22.5 Å². The number of rotatable bonds is 9. The van der Waals surface area contributed by atoms with Gasteiger partial charge in [-0.3, -0.25) is 19.7 Å². The van der Waals surface area contributed by atoms with Gasteiger partial charge in [0.05, 0.1) is 28.2 Å². The maximum Gasteiger partial charge on any atom is 0.270 e. The van der Waals surface area contributed by atoms with Crippen LogP contribution in [0.4, 0.5) is 17.1 Å². The third kappa shape index (κ3) is 5.44. The monoisotopic (exact) mass is 548 g/mol. The zero-order valence-electron chi connectivity index (χ0n) is 22.2. The number of carbonyl (C=O) groups is 2. The Bertz CT molecular complexity index is 1640. The zero-order chi connectivity index (χ0) is 28.3. The number of nitro groups is 1. The van der Waals surface area contributed by atoms with Gasteiger partial charge < -0.3 is 20.5 Å². The molecule has 3 N–H and O–H groups in total. The van der Waals surface area contributed by atoms with Crippen molar-refractivity contribution in [3.8, 4) is 11.3 Å². The number of hydrogen-bond acceptors (Lipinski definition) is 6. The third-order valence-electron chi connectivity index (χ3n) is 7.46. The van der Waals surface area contributed by atoms with Crippen LogP contribution in [0, 0.1) is 10.1 Å². The van der Waals surface area contributed by atoms with Crippen LogP contribution in [0.2, 0.25) is 0 Å². The molecule has 0 saturated carbocycles. The Morgan fingerprint density at radius 2 is 1.85 bits per heavy atom. The highest BCUT2D eigenvalue weighted by Crippen LogP contribution is 2.39. The maximum atomic E-state index is 13.3. The summed E-state index contributed by atoms with van der Waals surface area (Å²) in [5, 5.41) is 17.8. The van der Waals surface area contributed by atoms with E-state index in [2.05, 4.69) is 20.6 Å². The molecule has 0 aliphatic carbocycles. The van der Waals surface area contributed by atoms with Crippen molar-refractivity contribution in [2.75, 3.05) is 23.7 Å². The molecule has 10 heteroatoms. The highest BCUT2D eigenvalue weighted by molar-refractivity contribution is 6.37. The van der Waals surface area contributed by atoms with Crippen molar-refractivity contribution in [1.29, 1.82) is 0 Å². The van der Waals surface area contributed by atoms with E-state index in [4.69, 9.17) is 0 Å². The number of aryl methyl sites for hydroxylation is 1. The minimum absolute atomic E-state index is 0.0905. The van der Waals surface area contributed by atoms with E-state index in [1.54, 1.807) is 12.4 Å². The lowest BCUT2D eigenvalue weighted by Gasteiger charge is -2.16. The Balaban J connectivity index is 1.32. The summed E-state index contributed by atoms with van der Waals surface area (Å²) < 4.78 is 0. The number of fused-ring (bicyclic) bond motifs is 1. The van der Waals surface area contributed by atoms with Crippen molar-refractivity contribution in [3.63, 3.8) is 0 Å². The molecule has 2 aliphatic rings. The number of nitrogens with zero attached hydrogens (tertiary/aromatic N) is 3. The Kier molecular flexibility index (Phi) is 7.03. The first-order valence-electron chi connectivity index (χ1n) is 13.5. The van der Waals surface area contributed by atoms with Gasteiger partial charge in [0, 0.05) is 60.3 Å². The third-order valence-corrected chi connectivity index (χ3v) is 7.46. The molecule has 0 bridgehead atoms. The first-order valence-corrected chi connectivity index (χ1v) is 13.5. The van der Waals surface area contributed by atoms with Crippen molar-refractivity contribution in [1.82, 2.24) is 14.9 Å². The minimum Gasteiger partial charge on any atom is -0.354 e. The summed E-state index contributed by atoms with van der Waals surface area (Å²) >= 11 is 0. The summed E-state index contributed by atoms with van der Waals surface area (Å²) in [6, 6.07) is 20.0. The van der Waals surface area contributed by atoms with E-state index in [-0.39, 0.29) is 17.5 Å². The number of hydrogen-bond donors (Lipinski definition) is 3. The summed E-state index contributed by atoms with van der Waals surface area (Å²) in [5.74, 6) is -0.106. The SMILES string of the molecule is O=C1Nc2ccc([N+](=O)[O-])cc2/C1=C(/Nc1ccc(-c2c[nH]cn2)cc1)c1ccc(CCCN2CCCC2=O)cc1. The van der Waals surface area contributed by atoms with E-state index in [0.717, 1.165) is 60.4 Å². The average Bonchev–Trinajstić information content (AvgIpc) is 3.73. The van der Waals surface area contributed by atoms with E-state index in [9.17, 15) is 19.7 Å². The molecule has 0 atom stereocenters. The van der Waals surface area contributed by atoms with Gasteiger partial charge in [-0.15, -0.1) is 0 Å². The molecule has 2 amide bonds. The van der Waals surface area contributed by atoms with Crippen LogP contribution in [0.15, 0.2) is 79.3 Å². The number of carbonyl (C=O) groups excluding carboxylic acids is 2. The molecule has 2 aliphatic heterocycles. The van der Waals surface area contributed by atoms with Gasteiger partial charge in [0.1, 0.15) is 0 Å². The quantitative estimate of drug-likeness (QED) is 0.144. The lowest BCUT2D eigenvalue weighted by atomic mass is 9.98. The van der Waals surface area contributed by atoms with E-state index < -0.39 is 4.92 Å². The predicted octanol–water partition coefficient (Wildman–Crippen LogP) is 5.47. The lowest BCUT2D eigenvalue weighted by molar-refractivity contribution is -0.384. The smallest absolute Gasteiger partial charge is 0.270 e. The van der Waals surface area contributed by atoms with Gasteiger partial charge in [-0.2, -0.15) is 0 Å². The summed E-state index contributed by atoms with van der Waals surface area (Å²) in [6.45, 7) is 1.59. The minimum atomic E-state index is -0.466. The number of benzene rings is 3. The number of anilines is 2. The normalized spacial score (nSPS) is 15.6. The van der Waals surface area contributed by atoms with Crippen LogP contribution in [0.3, 0.4) is 0 Å². The van der Waals surface area contributed by atoms with Gasteiger partial charge in [-0.25, -0.2) is 4.98 Å². The molecule has 1 saturated heterocycles. The molecule has 0 radical (unpaired) electrons. The van der Waals surface area contributed by atoms with Gasteiger partial charge in [-0.05, 0) is 48.6 Å². The predicted molar refractivity (Wildman–Crippen MR) is 157 cm³/mol. The van der Waals surface area contributed by atoms with Gasteiger partial charge >= 0.3 is 0 Å². The molecular weight excluding hydrogens is 520 g/mol. The van der Waals surface area contributed by atoms with Crippen molar-refractivity contribution in [2.45, 2.75) is 25.7 Å². The number of aromatic nitrogens is 2. The highest BCUT2D eigenvalue weighted by Gasteiger charge is 2.30. The largest absolute Gasteiger partial charge is 0.354 e. The zero-order valence-corrected chi connectivity index (χ0v) is 22.2. The molecule has 10 nitrogen and oxygen atoms in total. The first-order chi connectivity index (χ1) is 20.0. The number of amides is 2. The van der Waals surface area contributed by atoms with Crippen molar-refractivity contribution in [3.05, 3.63) is 106 Å². The molecule has 0 spiro atoms. The summed E-state index contributed by atoms with van der Waals surface area (Å²) in [4.78, 5) is 45.4. The molecule has 0 unspecified atom stereocenters. The summed E-state index contributed by atoms with van der Waals surface area (Å²) in [6.07, 6.45) is 6.71. The average molecular weight is 549 g/mol. The second kappa shape index (κ2) is 11.1. The number of nitro benzene ring substituents is 1. The molecule has 41 heavy (non-hydrogen) atoms. The Hall–Kier alpha value is -5.25. The van der Waals surface area contributed by atoms with Gasteiger partial charge in [0.15, 0.2) is 0 Å². The number of imidazole rings is 1. The molecule has 1 fully saturated rings. The summed E-state index contributed by atoms with van der Waals surface area (Å²) in [5.41, 5.74) is 6.18. The number of aromatic amines is 1. The molecule has 206 valence electrons. The van der Waals surface area contributed by atoms with E-state index >= 15 is 0 Å². The second-order valence-corrected chi connectivity index (χ2v) is 10.1. The fourth-order valence-electron chi connectivity index (χ4n) is 5.34. The van der Waals surface area contributed by atoms with Gasteiger partial charge in [-0.1, -0.05) is 36.4 Å². The van der Waals surface area contributed by atoms with Crippen molar-refractivity contribution < 1.29 is 14.5 Å². The van der Waals surface area contributed by atoms with Gasteiger partial charge in [0.25, 0.3) is 11.6 Å². The van der Waals surface area contributed by atoms with Crippen LogP contribution < -0.4 is 10.6 Å². The number of likely N-dealkylation sites (tertiary alicyclic amines) is 1. The fourth-order valence-corrected chi connectivity index (χ4v) is 5.34. The first kappa shape index (κ1) is 26.0. The molecule has 1 aromatic heterocycles. The number of nitrogens with one attached hydrogen (secondary N) is 3. The van der Waals surface area contributed by atoms with Crippen LogP contribution in [-0.4, -0.2) is 44.7 Å². The van der Waals surface area contributed by atoms with Crippen LogP contribution >= 0.6 is 0 Å². The Morgan fingerprint density at radius 1 is 1.05 bits per heavy atom. The fraction of sp³-hybridized carbons (Fsp3) is 0.194. The van der Waals surface area contributed by atoms with Gasteiger partial charge in [0.2, 0.25) is 5.91 Å². The maximum absolute atomic E-state index is 13.3. The van der Waals surface area contributed by atoms with Crippen LogP contribution in [0.1, 0.15) is 36.0 Å². The van der Waals surface area contributed by atoms with Crippen LogP contribution in [0.5, 0.6) is 0 Å². The van der Waals surface area contributed by atoms with Crippen molar-refractivity contribution >= 4 is 40.1 Å². The number of H-pyrrole nitrogens is 1. The topological polar surface area (TPSA) is 133 Å². The van der Waals surface area contributed by atoms with E-state index in [1.807, 2.05) is 59.6 Å². The standard InChI is InChI=1S/C31H28N6O4/c38-28-4-2-16-36(28)15-1-3-20-5-7-22(8-6-20)30(34-23-11-9-21(10-12-23)27-18-32-19-33-27)29-25-17-24(37(40)41)13-14-26(25)35-31(29)39/h5-14,17-19,34H,1-4,15-16H2,(H,32,33)(H,35,39)/b30-29-. The lowest BCUT2D eigenvalue weighted by Crippen LogP contribution is -2.25. The summed E-state index contributed by atoms with van der Waals surface area (Å²) in [7, 11) is 0. The molecule has 3 aromatic carbocycles. The van der Waals surface area contributed by atoms with Crippen molar-refractivity contribution in [2.24, 2.45) is 0 Å².